The molecule has 0 radical (unpaired) electrons. The number of rotatable bonds is 6. The number of hydrogen-bond donors (Lipinski definition) is 2. The summed E-state index contributed by atoms with van der Waals surface area (Å²) in [6.07, 6.45) is -1.07. The molecule has 2 N–H and O–H groups in total. The first-order valence-electron chi connectivity index (χ1n) is 6.07. The van der Waals surface area contributed by atoms with Crippen molar-refractivity contribution < 1.29 is 27.8 Å². The molecular weight excluding hydrogens is 289 g/mol. The fourth-order valence-electron chi connectivity index (χ4n) is 1.33. The van der Waals surface area contributed by atoms with Gasteiger partial charge in [-0.05, 0) is 25.1 Å². The van der Waals surface area contributed by atoms with Crippen molar-refractivity contribution in [3.63, 3.8) is 0 Å². The van der Waals surface area contributed by atoms with E-state index in [-0.39, 0.29) is 12.2 Å². The van der Waals surface area contributed by atoms with Gasteiger partial charge in [-0.15, -0.1) is 0 Å². The number of aromatic nitrogens is 1. The lowest BCUT2D eigenvalue weighted by molar-refractivity contribution is -0.237. The Hall–Kier alpha value is -2.09. The van der Waals surface area contributed by atoms with Crippen LogP contribution in [-0.2, 0) is 4.74 Å². The highest BCUT2D eigenvalue weighted by molar-refractivity contribution is 5.94. The summed E-state index contributed by atoms with van der Waals surface area (Å²) >= 11 is 0. The molecule has 0 saturated carbocycles. The molecule has 0 bridgehead atoms. The standard InChI is InChI=1S/C13H15F3N2O3/c1-2-21-8-5-12(20,13(14,15)16)9-18-11(19)10-3-6-17-7-4-10/h3-8,20H,2,9H2,1H3,(H,18,19)/b8-5+/t12-/m0/s1. The molecule has 0 saturated heterocycles. The number of aliphatic hydroxyl groups is 1. The van der Waals surface area contributed by atoms with E-state index in [1.165, 1.54) is 24.5 Å². The van der Waals surface area contributed by atoms with E-state index in [0.29, 0.717) is 6.08 Å². The number of pyridine rings is 1. The number of nitrogens with one attached hydrogen (secondary N) is 1. The third-order valence-corrected chi connectivity index (χ3v) is 2.56. The van der Waals surface area contributed by atoms with E-state index in [1.54, 1.807) is 6.92 Å². The lowest BCUT2D eigenvalue weighted by Crippen LogP contribution is -2.52. The Morgan fingerprint density at radius 1 is 1.43 bits per heavy atom. The molecule has 8 heteroatoms. The lowest BCUT2D eigenvalue weighted by Gasteiger charge is -2.27. The Morgan fingerprint density at radius 3 is 2.57 bits per heavy atom. The Bertz CT molecular complexity index is 491. The van der Waals surface area contributed by atoms with Crippen molar-refractivity contribution in [3.8, 4) is 0 Å². The van der Waals surface area contributed by atoms with Gasteiger partial charge in [0.1, 0.15) is 0 Å². The Balaban J connectivity index is 2.77. The third kappa shape index (κ3) is 4.75. The summed E-state index contributed by atoms with van der Waals surface area (Å²) in [4.78, 5) is 15.4. The zero-order chi connectivity index (χ0) is 15.9. The molecule has 0 aliphatic carbocycles. The maximum atomic E-state index is 12.9. The van der Waals surface area contributed by atoms with Crippen molar-refractivity contribution in [2.24, 2.45) is 0 Å². The van der Waals surface area contributed by atoms with E-state index in [9.17, 15) is 23.1 Å². The number of carbonyl (C=O) groups excluding carboxylic acids is 1. The van der Waals surface area contributed by atoms with Gasteiger partial charge in [0.25, 0.3) is 5.91 Å². The zero-order valence-electron chi connectivity index (χ0n) is 11.2. The zero-order valence-corrected chi connectivity index (χ0v) is 11.2. The minimum absolute atomic E-state index is 0.142. The molecule has 1 amide bonds. The van der Waals surface area contributed by atoms with E-state index in [2.05, 4.69) is 9.72 Å². The molecule has 21 heavy (non-hydrogen) atoms. The van der Waals surface area contributed by atoms with Gasteiger partial charge in [0.05, 0.1) is 19.4 Å². The fraction of sp³-hybridized carbons (Fsp3) is 0.385. The number of hydrogen-bond acceptors (Lipinski definition) is 4. The van der Waals surface area contributed by atoms with Crippen LogP contribution in [0.4, 0.5) is 13.2 Å². The molecule has 1 rings (SSSR count). The van der Waals surface area contributed by atoms with Crippen LogP contribution in [0.15, 0.2) is 36.9 Å². The van der Waals surface area contributed by atoms with Gasteiger partial charge in [-0.3, -0.25) is 9.78 Å². The van der Waals surface area contributed by atoms with Gasteiger partial charge in [-0.1, -0.05) is 0 Å². The summed E-state index contributed by atoms with van der Waals surface area (Å²) in [6, 6.07) is 2.69. The van der Waals surface area contributed by atoms with Crippen molar-refractivity contribution in [2.45, 2.75) is 18.7 Å². The molecule has 0 fully saturated rings. The summed E-state index contributed by atoms with van der Waals surface area (Å²) < 4.78 is 43.3. The average molecular weight is 304 g/mol. The van der Waals surface area contributed by atoms with Crippen LogP contribution in [0.25, 0.3) is 0 Å². The molecule has 1 aromatic rings. The highest BCUT2D eigenvalue weighted by Crippen LogP contribution is 2.31. The van der Waals surface area contributed by atoms with Crippen LogP contribution in [0, 0.1) is 0 Å². The van der Waals surface area contributed by atoms with Crippen molar-refractivity contribution in [2.75, 3.05) is 13.2 Å². The largest absolute Gasteiger partial charge is 0.502 e. The molecule has 0 unspecified atom stereocenters. The lowest BCUT2D eigenvalue weighted by atomic mass is 10.0. The second kappa shape index (κ2) is 7.07. The quantitative estimate of drug-likeness (QED) is 0.784. The monoisotopic (exact) mass is 304 g/mol. The number of alkyl halides is 3. The highest BCUT2D eigenvalue weighted by Gasteiger charge is 2.52. The van der Waals surface area contributed by atoms with E-state index in [0.717, 1.165) is 6.26 Å². The van der Waals surface area contributed by atoms with Crippen LogP contribution in [0.5, 0.6) is 0 Å². The normalized spacial score (nSPS) is 14.7. The molecule has 0 aromatic carbocycles. The van der Waals surface area contributed by atoms with Crippen molar-refractivity contribution in [1.82, 2.24) is 10.3 Å². The third-order valence-electron chi connectivity index (χ3n) is 2.56. The predicted octanol–water partition coefficient (Wildman–Crippen LogP) is 1.66. The van der Waals surface area contributed by atoms with Crippen molar-refractivity contribution in [3.05, 3.63) is 42.4 Å². The van der Waals surface area contributed by atoms with E-state index in [1.807, 2.05) is 5.32 Å². The molecular formula is C13H15F3N2O3. The summed E-state index contributed by atoms with van der Waals surface area (Å²) in [5.74, 6) is -0.745. The van der Waals surface area contributed by atoms with Gasteiger partial charge < -0.3 is 15.2 Å². The second-order valence-corrected chi connectivity index (χ2v) is 4.10. The van der Waals surface area contributed by atoms with Crippen LogP contribution >= 0.6 is 0 Å². The number of ether oxygens (including phenoxy) is 1. The van der Waals surface area contributed by atoms with E-state index in [4.69, 9.17) is 0 Å². The summed E-state index contributed by atoms with van der Waals surface area (Å²) in [5.41, 5.74) is -3.06. The molecule has 116 valence electrons. The number of halogens is 3. The number of nitrogens with zero attached hydrogens (tertiary/aromatic N) is 1. The predicted molar refractivity (Wildman–Crippen MR) is 68.3 cm³/mol. The van der Waals surface area contributed by atoms with Crippen molar-refractivity contribution in [1.29, 1.82) is 0 Å². The molecule has 0 aliphatic rings. The van der Waals surface area contributed by atoms with Crippen molar-refractivity contribution >= 4 is 5.91 Å². The molecule has 1 heterocycles. The molecule has 0 aliphatic heterocycles. The van der Waals surface area contributed by atoms with E-state index >= 15 is 0 Å². The Morgan fingerprint density at radius 2 is 2.05 bits per heavy atom. The van der Waals surface area contributed by atoms with Gasteiger partial charge in [0.2, 0.25) is 0 Å². The van der Waals surface area contributed by atoms with Gasteiger partial charge >= 0.3 is 6.18 Å². The minimum Gasteiger partial charge on any atom is -0.502 e. The first kappa shape index (κ1) is 17.0. The maximum Gasteiger partial charge on any atom is 0.422 e. The first-order valence-corrected chi connectivity index (χ1v) is 6.07. The summed E-state index contributed by atoms with van der Waals surface area (Å²) in [5, 5.41) is 11.7. The Kier molecular flexibility index (Phi) is 5.71. The molecule has 1 atom stereocenters. The summed E-state index contributed by atoms with van der Waals surface area (Å²) in [6.45, 7) is 0.719. The van der Waals surface area contributed by atoms with Crippen LogP contribution in [0.3, 0.4) is 0 Å². The number of amides is 1. The van der Waals surface area contributed by atoms with Gasteiger partial charge in [-0.2, -0.15) is 13.2 Å². The van der Waals surface area contributed by atoms with E-state index < -0.39 is 24.2 Å². The van der Waals surface area contributed by atoms with Gasteiger partial charge in [0.15, 0.2) is 5.60 Å². The van der Waals surface area contributed by atoms with Crippen LogP contribution in [-0.4, -0.2) is 40.9 Å². The molecule has 1 aromatic heterocycles. The highest BCUT2D eigenvalue weighted by atomic mass is 19.4. The first-order chi connectivity index (χ1) is 9.80. The average Bonchev–Trinajstić information content (AvgIpc) is 2.45. The summed E-state index contributed by atoms with van der Waals surface area (Å²) in [7, 11) is 0. The molecule has 0 spiro atoms. The van der Waals surface area contributed by atoms with Crippen LogP contribution in [0.1, 0.15) is 17.3 Å². The number of carbonyl (C=O) groups is 1. The SMILES string of the molecule is CCO/C=C/[C@](O)(CNC(=O)c1ccncc1)C(F)(F)F. The van der Waals surface area contributed by atoms with Crippen LogP contribution < -0.4 is 5.32 Å². The topological polar surface area (TPSA) is 71.5 Å². The smallest absolute Gasteiger partial charge is 0.422 e. The van der Waals surface area contributed by atoms with Gasteiger partial charge in [0, 0.05) is 18.0 Å². The Labute approximate surface area is 119 Å². The maximum absolute atomic E-state index is 12.9. The molecule has 5 nitrogen and oxygen atoms in total. The van der Waals surface area contributed by atoms with Crippen LogP contribution in [0.2, 0.25) is 0 Å². The minimum atomic E-state index is -4.95. The fourth-order valence-corrected chi connectivity index (χ4v) is 1.33. The second-order valence-electron chi connectivity index (χ2n) is 4.10. The van der Waals surface area contributed by atoms with Gasteiger partial charge in [-0.25, -0.2) is 0 Å².